The van der Waals surface area contributed by atoms with E-state index in [1.807, 2.05) is 0 Å². The second-order valence-corrected chi connectivity index (χ2v) is 5.03. The van der Waals surface area contributed by atoms with Crippen molar-refractivity contribution >= 4 is 11.9 Å². The van der Waals surface area contributed by atoms with Crippen LogP contribution in [0.3, 0.4) is 0 Å². The van der Waals surface area contributed by atoms with Crippen molar-refractivity contribution in [1.82, 2.24) is 4.90 Å². The van der Waals surface area contributed by atoms with Crippen molar-refractivity contribution < 1.29 is 14.3 Å². The van der Waals surface area contributed by atoms with Crippen molar-refractivity contribution in [3.8, 4) is 5.75 Å². The number of urea groups is 1. The van der Waals surface area contributed by atoms with Gasteiger partial charge in [0.15, 0.2) is 11.6 Å². The van der Waals surface area contributed by atoms with E-state index >= 15 is 0 Å². The number of carbonyl (C=O) groups is 1. The molecule has 1 unspecified atom stereocenters. The fourth-order valence-electron chi connectivity index (χ4n) is 2.31. The van der Waals surface area contributed by atoms with Crippen molar-refractivity contribution in [2.45, 2.75) is 18.9 Å². The molecule has 1 saturated carbocycles. The lowest BCUT2D eigenvalue weighted by Crippen LogP contribution is -2.34. The van der Waals surface area contributed by atoms with Gasteiger partial charge in [0.25, 0.3) is 0 Å². The number of nitrogens with zero attached hydrogens (tertiary/aromatic N) is 2. The molecule has 2 aliphatic rings. The second kappa shape index (κ2) is 4.22. The molecule has 0 saturated heterocycles. The molecule has 1 atom stereocenters. The molecule has 3 N–H and O–H groups in total. The molecule has 0 aromatic heterocycles. The highest BCUT2D eigenvalue weighted by Gasteiger charge is 2.38. The highest BCUT2D eigenvalue weighted by molar-refractivity contribution is 6.03. The quantitative estimate of drug-likeness (QED) is 0.872. The van der Waals surface area contributed by atoms with Crippen LogP contribution in [0, 0.1) is 11.7 Å². The maximum Gasteiger partial charge on any atom is 0.346 e. The van der Waals surface area contributed by atoms with E-state index in [-0.39, 0.29) is 11.9 Å². The van der Waals surface area contributed by atoms with Gasteiger partial charge in [0.1, 0.15) is 11.9 Å². The van der Waals surface area contributed by atoms with Crippen LogP contribution in [0.15, 0.2) is 23.2 Å². The Morgan fingerprint density at radius 1 is 1.47 bits per heavy atom. The number of aliphatic imine (C=N–C) groups is 1. The van der Waals surface area contributed by atoms with Crippen LogP contribution in [-0.4, -0.2) is 28.4 Å². The van der Waals surface area contributed by atoms with Gasteiger partial charge in [-0.2, -0.15) is 4.99 Å². The number of hydrogen-bond acceptors (Lipinski definition) is 3. The largest absolute Gasteiger partial charge is 0.505 e. The number of amides is 2. The number of amidine groups is 1. The van der Waals surface area contributed by atoms with Gasteiger partial charge in [-0.05, 0) is 36.5 Å². The number of halogens is 1. The summed E-state index contributed by atoms with van der Waals surface area (Å²) in [6.45, 7) is 0.593. The molecule has 2 amide bonds. The van der Waals surface area contributed by atoms with Gasteiger partial charge in [0.2, 0.25) is 0 Å². The van der Waals surface area contributed by atoms with Gasteiger partial charge >= 0.3 is 6.03 Å². The van der Waals surface area contributed by atoms with Crippen molar-refractivity contribution in [2.24, 2.45) is 16.6 Å². The fourth-order valence-corrected chi connectivity index (χ4v) is 2.31. The van der Waals surface area contributed by atoms with Crippen molar-refractivity contribution in [2.75, 3.05) is 6.54 Å². The SMILES string of the molecule is NC1=NC(=O)N(CC2CC2)C1c1ccc(O)c(F)c1. The number of phenolic OH excluding ortho intramolecular Hbond substituents is 1. The van der Waals surface area contributed by atoms with E-state index in [0.717, 1.165) is 12.8 Å². The van der Waals surface area contributed by atoms with E-state index in [2.05, 4.69) is 4.99 Å². The molecule has 1 aromatic rings. The third-order valence-corrected chi connectivity index (χ3v) is 3.50. The Morgan fingerprint density at radius 3 is 2.84 bits per heavy atom. The summed E-state index contributed by atoms with van der Waals surface area (Å²) in [4.78, 5) is 17.1. The van der Waals surface area contributed by atoms with Crippen LogP contribution in [0.25, 0.3) is 0 Å². The first kappa shape index (κ1) is 12.0. The zero-order chi connectivity index (χ0) is 13.6. The smallest absolute Gasteiger partial charge is 0.346 e. The van der Waals surface area contributed by atoms with Crippen molar-refractivity contribution in [3.63, 3.8) is 0 Å². The predicted molar refractivity (Wildman–Crippen MR) is 67.3 cm³/mol. The Balaban J connectivity index is 1.92. The number of rotatable bonds is 3. The summed E-state index contributed by atoms with van der Waals surface area (Å²) in [6, 6.07) is 3.12. The predicted octanol–water partition coefficient (Wildman–Crippen LogP) is 1.78. The third kappa shape index (κ3) is 2.14. The van der Waals surface area contributed by atoms with Crippen molar-refractivity contribution in [3.05, 3.63) is 29.6 Å². The van der Waals surface area contributed by atoms with E-state index in [1.54, 1.807) is 11.0 Å². The summed E-state index contributed by atoms with van der Waals surface area (Å²) in [6.07, 6.45) is 2.20. The molecule has 1 aliphatic carbocycles. The molecule has 0 spiro atoms. The summed E-state index contributed by atoms with van der Waals surface area (Å²) in [5.74, 6) is -0.474. The summed E-state index contributed by atoms with van der Waals surface area (Å²) >= 11 is 0. The van der Waals surface area contributed by atoms with Crippen LogP contribution >= 0.6 is 0 Å². The standard InChI is InChI=1S/C13H14FN3O2/c14-9-5-8(3-4-10(9)18)11-12(15)16-13(19)17(11)6-7-1-2-7/h3-5,7,11,18H,1-2,6H2,(H2,15,16,19). The first-order chi connectivity index (χ1) is 9.06. The van der Waals surface area contributed by atoms with Gasteiger partial charge in [-0.15, -0.1) is 0 Å². The van der Waals surface area contributed by atoms with Crippen LogP contribution in [-0.2, 0) is 0 Å². The van der Waals surface area contributed by atoms with E-state index in [1.165, 1.54) is 12.1 Å². The van der Waals surface area contributed by atoms with E-state index in [4.69, 9.17) is 5.73 Å². The zero-order valence-corrected chi connectivity index (χ0v) is 10.2. The molecular weight excluding hydrogens is 249 g/mol. The van der Waals surface area contributed by atoms with Gasteiger partial charge in [-0.25, -0.2) is 9.18 Å². The number of phenols is 1. The molecule has 1 heterocycles. The molecular formula is C13H14FN3O2. The summed E-state index contributed by atoms with van der Waals surface area (Å²) < 4.78 is 13.4. The highest BCUT2D eigenvalue weighted by atomic mass is 19.1. The highest BCUT2D eigenvalue weighted by Crippen LogP contribution is 2.36. The zero-order valence-electron chi connectivity index (χ0n) is 10.2. The van der Waals surface area contributed by atoms with Crippen LogP contribution in [0.4, 0.5) is 9.18 Å². The minimum Gasteiger partial charge on any atom is -0.505 e. The Hall–Kier alpha value is -2.11. The number of benzene rings is 1. The van der Waals surface area contributed by atoms with Crippen molar-refractivity contribution in [1.29, 1.82) is 0 Å². The number of hydrogen-bond donors (Lipinski definition) is 2. The van der Waals surface area contributed by atoms with Crippen LogP contribution < -0.4 is 5.73 Å². The van der Waals surface area contributed by atoms with Gasteiger partial charge in [0.05, 0.1) is 0 Å². The number of carbonyl (C=O) groups excluding carboxylic acids is 1. The first-order valence-electron chi connectivity index (χ1n) is 6.19. The minimum absolute atomic E-state index is 0.177. The second-order valence-electron chi connectivity index (χ2n) is 5.03. The Morgan fingerprint density at radius 2 is 2.21 bits per heavy atom. The lowest BCUT2D eigenvalue weighted by atomic mass is 10.0. The van der Waals surface area contributed by atoms with Gasteiger partial charge in [0, 0.05) is 6.54 Å². The van der Waals surface area contributed by atoms with E-state index in [0.29, 0.717) is 18.0 Å². The van der Waals surface area contributed by atoms with Gasteiger partial charge < -0.3 is 15.7 Å². The Bertz CT molecular complexity index is 569. The number of nitrogens with two attached hydrogens (primary N) is 1. The minimum atomic E-state index is -0.726. The average molecular weight is 263 g/mol. The third-order valence-electron chi connectivity index (χ3n) is 3.50. The van der Waals surface area contributed by atoms with E-state index < -0.39 is 17.6 Å². The van der Waals surface area contributed by atoms with Gasteiger partial charge in [-0.3, -0.25) is 0 Å². The molecule has 0 bridgehead atoms. The maximum atomic E-state index is 13.4. The molecule has 19 heavy (non-hydrogen) atoms. The average Bonchev–Trinajstić information content (AvgIpc) is 3.11. The number of aromatic hydroxyl groups is 1. The van der Waals surface area contributed by atoms with E-state index in [9.17, 15) is 14.3 Å². The molecule has 5 nitrogen and oxygen atoms in total. The molecule has 100 valence electrons. The summed E-state index contributed by atoms with van der Waals surface area (Å²) in [5, 5.41) is 9.21. The first-order valence-corrected chi connectivity index (χ1v) is 6.19. The summed E-state index contributed by atoms with van der Waals surface area (Å²) in [7, 11) is 0. The van der Waals surface area contributed by atoms with Crippen LogP contribution in [0.5, 0.6) is 5.75 Å². The topological polar surface area (TPSA) is 78.9 Å². The Kier molecular flexibility index (Phi) is 2.66. The molecule has 0 radical (unpaired) electrons. The molecule has 1 aliphatic heterocycles. The lowest BCUT2D eigenvalue weighted by molar-refractivity contribution is 0.203. The van der Waals surface area contributed by atoms with Gasteiger partial charge in [-0.1, -0.05) is 6.07 Å². The molecule has 3 rings (SSSR count). The molecule has 1 fully saturated rings. The van der Waals surface area contributed by atoms with Crippen LogP contribution in [0.2, 0.25) is 0 Å². The maximum absolute atomic E-state index is 13.4. The normalized spacial score (nSPS) is 22.8. The molecule has 1 aromatic carbocycles. The monoisotopic (exact) mass is 263 g/mol. The summed E-state index contributed by atoms with van der Waals surface area (Å²) in [5.41, 5.74) is 6.31. The Labute approximate surface area is 109 Å². The van der Waals surface area contributed by atoms with Crippen LogP contribution in [0.1, 0.15) is 24.4 Å². The fraction of sp³-hybridized carbons (Fsp3) is 0.385. The molecule has 6 heteroatoms. The lowest BCUT2D eigenvalue weighted by Gasteiger charge is -2.24.